The zero-order valence-electron chi connectivity index (χ0n) is 14.2. The van der Waals surface area contributed by atoms with Crippen molar-refractivity contribution in [1.29, 1.82) is 0 Å². The summed E-state index contributed by atoms with van der Waals surface area (Å²) in [7, 11) is 0. The Bertz CT molecular complexity index is 1160. The molecule has 0 fully saturated rings. The molecule has 0 saturated heterocycles. The summed E-state index contributed by atoms with van der Waals surface area (Å²) in [6.45, 7) is 0. The van der Waals surface area contributed by atoms with Gasteiger partial charge in [0, 0.05) is 12.6 Å². The molecule has 0 spiro atoms. The van der Waals surface area contributed by atoms with Crippen molar-refractivity contribution < 1.29 is 8.78 Å². The first kappa shape index (κ1) is 17.3. The van der Waals surface area contributed by atoms with E-state index in [-0.39, 0.29) is 0 Å². The molecule has 27 heavy (non-hydrogen) atoms. The highest BCUT2D eigenvalue weighted by atomic mass is 32.1. The normalized spacial score (nSPS) is 10.6. The number of nitrogens with zero attached hydrogens (tertiary/aromatic N) is 2. The Morgan fingerprint density at radius 3 is 2.56 bits per heavy atom. The molecule has 0 amide bonds. The van der Waals surface area contributed by atoms with Crippen molar-refractivity contribution in [3.63, 3.8) is 0 Å². The molecule has 0 radical (unpaired) electrons. The van der Waals surface area contributed by atoms with Crippen molar-refractivity contribution in [3.05, 3.63) is 94.1 Å². The van der Waals surface area contributed by atoms with Crippen molar-refractivity contribution in [2.24, 2.45) is 0 Å². The molecule has 2 nitrogen and oxygen atoms in total. The Labute approximate surface area is 159 Å². The summed E-state index contributed by atoms with van der Waals surface area (Å²) in [5.41, 5.74) is 3.51. The second kappa shape index (κ2) is 7.65. The van der Waals surface area contributed by atoms with Gasteiger partial charge in [0.2, 0.25) is 0 Å². The fourth-order valence-electron chi connectivity index (χ4n) is 2.72. The Kier molecular flexibility index (Phi) is 4.91. The van der Waals surface area contributed by atoms with Gasteiger partial charge in [0.25, 0.3) is 0 Å². The van der Waals surface area contributed by atoms with Gasteiger partial charge in [-0.25, -0.2) is 18.7 Å². The van der Waals surface area contributed by atoms with Gasteiger partial charge in [-0.15, -0.1) is 0 Å². The number of hydrogen-bond acceptors (Lipinski definition) is 3. The van der Waals surface area contributed by atoms with Crippen LogP contribution in [0, 0.1) is 23.5 Å². The summed E-state index contributed by atoms with van der Waals surface area (Å²) in [5, 5.41) is 0.721. The van der Waals surface area contributed by atoms with Crippen molar-refractivity contribution in [1.82, 2.24) is 9.97 Å². The fraction of sp³-hybridized carbons (Fsp3) is 0.0909. The van der Waals surface area contributed by atoms with Crippen LogP contribution in [0.3, 0.4) is 0 Å². The minimum absolute atomic E-state index is 0.465. The third kappa shape index (κ3) is 4.18. The lowest BCUT2D eigenvalue weighted by Gasteiger charge is -2.02. The number of aromatic nitrogens is 2. The largest absolute Gasteiger partial charge is 0.243 e. The molecule has 0 aliphatic heterocycles. The average molecular weight is 376 g/mol. The average Bonchev–Trinajstić information content (AvgIpc) is 3.08. The lowest BCUT2D eigenvalue weighted by atomic mass is 10.1. The molecule has 0 unspecified atom stereocenters. The van der Waals surface area contributed by atoms with E-state index in [1.807, 2.05) is 36.4 Å². The quantitative estimate of drug-likeness (QED) is 0.462. The van der Waals surface area contributed by atoms with E-state index in [1.165, 1.54) is 17.4 Å². The Balaban J connectivity index is 1.52. The molecule has 132 valence electrons. The molecule has 0 aliphatic carbocycles. The Hall–Kier alpha value is -3.10. The van der Waals surface area contributed by atoms with E-state index in [4.69, 9.17) is 0 Å². The molecule has 2 aromatic heterocycles. The lowest BCUT2D eigenvalue weighted by molar-refractivity contribution is 0.507. The smallest absolute Gasteiger partial charge is 0.169 e. The van der Waals surface area contributed by atoms with Crippen LogP contribution in [0.1, 0.15) is 21.7 Å². The van der Waals surface area contributed by atoms with E-state index in [0.717, 1.165) is 32.5 Å². The van der Waals surface area contributed by atoms with Crippen molar-refractivity contribution in [3.8, 4) is 11.8 Å². The van der Waals surface area contributed by atoms with Gasteiger partial charge in [-0.1, -0.05) is 53.7 Å². The molecule has 4 aromatic rings. The topological polar surface area (TPSA) is 25.8 Å². The van der Waals surface area contributed by atoms with E-state index in [0.29, 0.717) is 18.4 Å². The maximum absolute atomic E-state index is 13.4. The van der Waals surface area contributed by atoms with Crippen LogP contribution in [0.2, 0.25) is 0 Å². The van der Waals surface area contributed by atoms with Crippen LogP contribution < -0.4 is 0 Å². The minimum Gasteiger partial charge on any atom is -0.243 e. The maximum atomic E-state index is 13.4. The second-order valence-corrected chi connectivity index (χ2v) is 7.05. The number of halogens is 2. The van der Waals surface area contributed by atoms with Crippen LogP contribution in [0.4, 0.5) is 8.78 Å². The first-order valence-corrected chi connectivity index (χ1v) is 9.21. The van der Waals surface area contributed by atoms with Gasteiger partial charge in [-0.2, -0.15) is 0 Å². The third-order valence-electron chi connectivity index (χ3n) is 4.03. The predicted octanol–water partition coefficient (Wildman–Crippen LogP) is 5.15. The van der Waals surface area contributed by atoms with E-state index in [2.05, 4.69) is 21.8 Å². The van der Waals surface area contributed by atoms with Crippen LogP contribution >= 0.6 is 11.3 Å². The van der Waals surface area contributed by atoms with Crippen molar-refractivity contribution in [2.45, 2.75) is 12.8 Å². The molecule has 0 saturated carbocycles. The molecule has 2 heterocycles. The van der Waals surface area contributed by atoms with E-state index in [1.54, 1.807) is 12.3 Å². The van der Waals surface area contributed by atoms with Crippen molar-refractivity contribution >= 4 is 21.7 Å². The number of hydrogen-bond donors (Lipinski definition) is 0. The van der Waals surface area contributed by atoms with Gasteiger partial charge in [-0.05, 0) is 47.2 Å². The zero-order chi connectivity index (χ0) is 18.6. The molecule has 0 N–H and O–H groups in total. The highest BCUT2D eigenvalue weighted by molar-refractivity contribution is 7.18. The second-order valence-electron chi connectivity index (χ2n) is 6.08. The summed E-state index contributed by atoms with van der Waals surface area (Å²) < 4.78 is 26.4. The standard InChI is InChI=1S/C22H14F2N2S/c23-18-10-9-16(12-19(18)24)11-17-13-20-22(25-14-17)27-21(26-20)8-4-7-15-5-2-1-3-6-15/h1-3,5-6,9-10,12-14H,7,11H2. The van der Waals surface area contributed by atoms with Gasteiger partial charge in [0.15, 0.2) is 16.6 Å². The van der Waals surface area contributed by atoms with Crippen LogP contribution in [-0.4, -0.2) is 9.97 Å². The molecule has 5 heteroatoms. The highest BCUT2D eigenvalue weighted by Gasteiger charge is 2.07. The van der Waals surface area contributed by atoms with Gasteiger partial charge in [-0.3, -0.25) is 0 Å². The minimum atomic E-state index is -0.842. The van der Waals surface area contributed by atoms with Crippen molar-refractivity contribution in [2.75, 3.05) is 0 Å². The number of fused-ring (bicyclic) bond motifs is 1. The summed E-state index contributed by atoms with van der Waals surface area (Å²) in [5.74, 6) is 4.55. The summed E-state index contributed by atoms with van der Waals surface area (Å²) in [6, 6.07) is 15.9. The SMILES string of the molecule is Fc1ccc(Cc2cnc3sc(C#CCc4ccccc4)nc3c2)cc1F. The maximum Gasteiger partial charge on any atom is 0.169 e. The van der Waals surface area contributed by atoms with Gasteiger partial charge in [0.1, 0.15) is 10.3 Å². The number of thiazole rings is 1. The summed E-state index contributed by atoms with van der Waals surface area (Å²) in [4.78, 5) is 9.76. The zero-order valence-corrected chi connectivity index (χ0v) is 15.1. The summed E-state index contributed by atoms with van der Waals surface area (Å²) in [6.07, 6.45) is 2.88. The molecule has 0 aliphatic rings. The van der Waals surface area contributed by atoms with Gasteiger partial charge < -0.3 is 0 Å². The third-order valence-corrected chi connectivity index (χ3v) is 4.92. The molecule has 0 bridgehead atoms. The Morgan fingerprint density at radius 2 is 1.74 bits per heavy atom. The molecule has 0 atom stereocenters. The predicted molar refractivity (Wildman–Crippen MR) is 104 cm³/mol. The number of benzene rings is 2. The summed E-state index contributed by atoms with van der Waals surface area (Å²) >= 11 is 1.45. The molecular formula is C22H14F2N2S. The first-order chi connectivity index (χ1) is 13.2. The van der Waals surface area contributed by atoms with Gasteiger partial charge in [0.05, 0.1) is 0 Å². The number of pyridine rings is 1. The van der Waals surface area contributed by atoms with Crippen LogP contribution in [0.5, 0.6) is 0 Å². The Morgan fingerprint density at radius 1 is 0.889 bits per heavy atom. The number of rotatable bonds is 3. The molecular weight excluding hydrogens is 362 g/mol. The fourth-order valence-corrected chi connectivity index (χ4v) is 3.48. The molecule has 2 aromatic carbocycles. The van der Waals surface area contributed by atoms with Crippen LogP contribution in [-0.2, 0) is 12.8 Å². The first-order valence-electron chi connectivity index (χ1n) is 8.39. The van der Waals surface area contributed by atoms with Gasteiger partial charge >= 0.3 is 0 Å². The highest BCUT2D eigenvalue weighted by Crippen LogP contribution is 2.22. The molecule has 4 rings (SSSR count). The van der Waals surface area contributed by atoms with E-state index >= 15 is 0 Å². The lowest BCUT2D eigenvalue weighted by Crippen LogP contribution is -1.92. The van der Waals surface area contributed by atoms with E-state index < -0.39 is 11.6 Å². The monoisotopic (exact) mass is 376 g/mol. The van der Waals surface area contributed by atoms with E-state index in [9.17, 15) is 8.78 Å². The van der Waals surface area contributed by atoms with Crippen LogP contribution in [0.15, 0.2) is 60.8 Å². The van der Waals surface area contributed by atoms with Crippen LogP contribution in [0.25, 0.3) is 10.3 Å².